The lowest BCUT2D eigenvalue weighted by Gasteiger charge is -2.21. The smallest absolute Gasteiger partial charge is 0.364 e. The molecule has 1 heterocycles. The number of tetrazole rings is 1. The number of nitrogens with one attached hydrogen (secondary N) is 1. The summed E-state index contributed by atoms with van der Waals surface area (Å²) >= 11 is 0.835. The molecule has 0 radical (unpaired) electrons. The van der Waals surface area contributed by atoms with E-state index in [9.17, 15) is 32.4 Å². The van der Waals surface area contributed by atoms with Crippen molar-refractivity contribution in [3.63, 3.8) is 0 Å². The highest BCUT2D eigenvalue weighted by molar-refractivity contribution is 8.00. The van der Waals surface area contributed by atoms with E-state index in [1.54, 1.807) is 19.1 Å². The molecule has 3 atom stereocenters. The maximum atomic E-state index is 13.1. The molecule has 15 nitrogen and oxygen atoms in total. The van der Waals surface area contributed by atoms with E-state index < -0.39 is 75.2 Å². The summed E-state index contributed by atoms with van der Waals surface area (Å²) in [4.78, 5) is 59.6. The van der Waals surface area contributed by atoms with Crippen LogP contribution in [0.2, 0.25) is 0 Å². The van der Waals surface area contributed by atoms with Crippen LogP contribution in [0.4, 0.5) is 0 Å². The van der Waals surface area contributed by atoms with E-state index in [1.807, 2.05) is 0 Å². The quantitative estimate of drug-likeness (QED) is 0.187. The Hall–Kier alpha value is -3.57. The number of carbonyl (C=O) groups excluding carboxylic acids is 2. The summed E-state index contributed by atoms with van der Waals surface area (Å²) in [6.07, 6.45) is -1.46. The Morgan fingerprint density at radius 1 is 1.08 bits per heavy atom. The highest BCUT2D eigenvalue weighted by Crippen LogP contribution is 2.27. The summed E-state index contributed by atoms with van der Waals surface area (Å²) in [5.74, 6) is -4.74. The molecule has 0 saturated carbocycles. The molecule has 1 aromatic carbocycles. The maximum absolute atomic E-state index is 13.1. The molecule has 0 spiro atoms. The number of amides is 1. The first kappa shape index (κ1) is 31.6. The van der Waals surface area contributed by atoms with Crippen molar-refractivity contribution in [2.24, 2.45) is 12.8 Å². The molecule has 2 rings (SSSR count). The number of nitrogens with two attached hydrogens (primary N) is 1. The van der Waals surface area contributed by atoms with Crippen molar-refractivity contribution in [1.29, 1.82) is 0 Å². The van der Waals surface area contributed by atoms with E-state index in [1.165, 1.54) is 19.2 Å². The molecule has 39 heavy (non-hydrogen) atoms. The Labute approximate surface area is 227 Å². The number of hydrogen-bond donors (Lipinski definition) is 4. The van der Waals surface area contributed by atoms with Crippen molar-refractivity contribution in [1.82, 2.24) is 25.1 Å². The number of aryl methyl sites for hydroxylation is 2. The first-order valence-corrected chi connectivity index (χ1v) is 14.3. The zero-order valence-electron chi connectivity index (χ0n) is 21.2. The van der Waals surface area contributed by atoms with Crippen molar-refractivity contribution in [2.45, 2.75) is 55.0 Å². The topological polar surface area (TPSA) is 234 Å². The second-order valence-electron chi connectivity index (χ2n) is 8.68. The number of carbonyl (C=O) groups is 4. The SMILES string of the molecule is Cc1ccc(S(=O)(=O)CC(SC[C@H](NC(=O)CC[C@H](N)C(=O)O)C(=O)CCC(=O)O)n2nnn(C)c2=O)cc1. The minimum atomic E-state index is -3.95. The second-order valence-corrected chi connectivity index (χ2v) is 11.9. The summed E-state index contributed by atoms with van der Waals surface area (Å²) in [5, 5.41) is 26.4. The molecule has 1 amide bonds. The van der Waals surface area contributed by atoms with Crippen LogP contribution >= 0.6 is 11.8 Å². The van der Waals surface area contributed by atoms with E-state index >= 15 is 0 Å². The molecule has 0 aliphatic heterocycles. The largest absolute Gasteiger partial charge is 0.481 e. The fourth-order valence-corrected chi connectivity index (χ4v) is 6.37. The van der Waals surface area contributed by atoms with Gasteiger partial charge in [0.05, 0.1) is 23.1 Å². The third-order valence-electron chi connectivity index (χ3n) is 5.52. The van der Waals surface area contributed by atoms with Crippen molar-refractivity contribution in [3.05, 3.63) is 40.3 Å². The molecule has 0 saturated heterocycles. The van der Waals surface area contributed by atoms with Gasteiger partial charge in [-0.25, -0.2) is 13.2 Å². The lowest BCUT2D eigenvalue weighted by molar-refractivity contribution is -0.139. The third kappa shape index (κ3) is 9.60. The average molecular weight is 587 g/mol. The highest BCUT2D eigenvalue weighted by Gasteiger charge is 2.29. The summed E-state index contributed by atoms with van der Waals surface area (Å²) in [7, 11) is -2.63. The molecule has 0 bridgehead atoms. The van der Waals surface area contributed by atoms with Crippen LogP contribution in [0, 0.1) is 6.92 Å². The van der Waals surface area contributed by atoms with Crippen LogP contribution < -0.4 is 16.7 Å². The van der Waals surface area contributed by atoms with Crippen molar-refractivity contribution in [2.75, 3.05) is 11.5 Å². The zero-order chi connectivity index (χ0) is 29.3. The van der Waals surface area contributed by atoms with E-state index in [0.717, 1.165) is 26.7 Å². The molecular weight excluding hydrogens is 556 g/mol. The molecule has 2 aromatic rings. The number of Topliss-reactive ketones (excluding diaryl/α,β-unsaturated/α-hetero) is 1. The van der Waals surface area contributed by atoms with Gasteiger partial charge in [-0.3, -0.25) is 19.2 Å². The van der Waals surface area contributed by atoms with Crippen LogP contribution in [0.3, 0.4) is 0 Å². The molecule has 17 heteroatoms. The number of benzene rings is 1. The van der Waals surface area contributed by atoms with Gasteiger partial charge >= 0.3 is 17.6 Å². The van der Waals surface area contributed by atoms with E-state index in [2.05, 4.69) is 15.7 Å². The highest BCUT2D eigenvalue weighted by atomic mass is 32.2. The normalized spacial score (nSPS) is 13.8. The van der Waals surface area contributed by atoms with Gasteiger partial charge < -0.3 is 21.3 Å². The predicted molar refractivity (Wildman–Crippen MR) is 139 cm³/mol. The van der Waals surface area contributed by atoms with Crippen LogP contribution in [-0.4, -0.2) is 85.6 Å². The molecule has 1 aromatic heterocycles. The average Bonchev–Trinajstić information content (AvgIpc) is 3.20. The number of sulfone groups is 1. The van der Waals surface area contributed by atoms with E-state index in [4.69, 9.17) is 15.9 Å². The van der Waals surface area contributed by atoms with Gasteiger partial charge in [-0.2, -0.15) is 9.36 Å². The number of rotatable bonds is 16. The van der Waals surface area contributed by atoms with Crippen LogP contribution in [0.25, 0.3) is 0 Å². The van der Waals surface area contributed by atoms with E-state index in [-0.39, 0.29) is 23.5 Å². The molecular formula is C22H30N6O9S2. The van der Waals surface area contributed by atoms with Gasteiger partial charge in [-0.05, 0) is 35.9 Å². The van der Waals surface area contributed by atoms with Crippen LogP contribution in [-0.2, 0) is 36.1 Å². The Kier molecular flexibility index (Phi) is 11.4. The third-order valence-corrected chi connectivity index (χ3v) is 8.76. The number of carboxylic acid groups (broad SMARTS) is 2. The van der Waals surface area contributed by atoms with Gasteiger partial charge in [0, 0.05) is 25.6 Å². The Bertz CT molecular complexity index is 1350. The Morgan fingerprint density at radius 2 is 1.72 bits per heavy atom. The number of ketones is 1. The molecule has 0 aliphatic rings. The van der Waals surface area contributed by atoms with Crippen LogP contribution in [0.1, 0.15) is 36.6 Å². The monoisotopic (exact) mass is 586 g/mol. The summed E-state index contributed by atoms with van der Waals surface area (Å²) in [5.41, 5.74) is 5.54. The van der Waals surface area contributed by atoms with Gasteiger partial charge in [-0.1, -0.05) is 17.7 Å². The fourth-order valence-electron chi connectivity index (χ4n) is 3.23. The molecule has 1 unspecified atom stereocenters. The van der Waals surface area contributed by atoms with Crippen molar-refractivity contribution < 1.29 is 37.8 Å². The number of nitrogens with zero attached hydrogens (tertiary/aromatic N) is 4. The predicted octanol–water partition coefficient (Wildman–Crippen LogP) is -0.898. The first-order chi connectivity index (χ1) is 18.2. The maximum Gasteiger partial charge on any atom is 0.364 e. The van der Waals surface area contributed by atoms with Crippen LogP contribution in [0.15, 0.2) is 34.0 Å². The van der Waals surface area contributed by atoms with Crippen molar-refractivity contribution in [3.8, 4) is 0 Å². The van der Waals surface area contributed by atoms with Gasteiger partial charge in [0.1, 0.15) is 11.4 Å². The molecule has 0 fully saturated rings. The first-order valence-electron chi connectivity index (χ1n) is 11.6. The van der Waals surface area contributed by atoms with Crippen molar-refractivity contribution >= 4 is 45.2 Å². The Morgan fingerprint density at radius 3 is 2.26 bits per heavy atom. The van der Waals surface area contributed by atoms with Gasteiger partial charge in [0.15, 0.2) is 15.6 Å². The minimum absolute atomic E-state index is 0.00722. The lowest BCUT2D eigenvalue weighted by atomic mass is 10.1. The molecule has 0 aliphatic carbocycles. The molecule has 5 N–H and O–H groups in total. The summed E-state index contributed by atoms with van der Waals surface area (Å²) in [6, 6.07) is 3.52. The Balaban J connectivity index is 2.28. The van der Waals surface area contributed by atoms with Crippen LogP contribution in [0.5, 0.6) is 0 Å². The summed E-state index contributed by atoms with van der Waals surface area (Å²) < 4.78 is 28.0. The van der Waals surface area contributed by atoms with Gasteiger partial charge in [0.2, 0.25) is 5.91 Å². The number of thioether (sulfide) groups is 1. The number of carboxylic acids is 2. The fraction of sp³-hybridized carbons (Fsp3) is 0.500. The number of aromatic nitrogens is 4. The number of aliphatic carboxylic acids is 2. The van der Waals surface area contributed by atoms with E-state index in [0.29, 0.717) is 0 Å². The summed E-state index contributed by atoms with van der Waals surface area (Å²) in [6.45, 7) is 1.79. The minimum Gasteiger partial charge on any atom is -0.481 e. The second kappa shape index (κ2) is 14.0. The molecule has 214 valence electrons. The number of hydrogen-bond acceptors (Lipinski definition) is 11. The standard InChI is InChI=1S/C22H30N6O9S2/c1-13-3-5-14(6-4-13)39(36,37)12-19(28-22(35)27(2)25-26-28)38-11-16(17(29)8-10-20(31)32)24-18(30)9-7-15(23)21(33)34/h3-6,15-16,19H,7-12,23H2,1-2H3,(H,24,30)(H,31,32)(H,33,34)/t15-,16-,19?/m0/s1. The van der Waals surface area contributed by atoms with Gasteiger partial charge in [0.25, 0.3) is 0 Å². The lowest BCUT2D eigenvalue weighted by Crippen LogP contribution is -2.44. The zero-order valence-corrected chi connectivity index (χ0v) is 22.9. The van der Waals surface area contributed by atoms with Gasteiger partial charge in [-0.15, -0.1) is 11.8 Å².